The van der Waals surface area contributed by atoms with E-state index in [1.54, 1.807) is 6.20 Å². The Bertz CT molecular complexity index is 418. The zero-order valence-corrected chi connectivity index (χ0v) is 11.3. The molecule has 0 aliphatic heterocycles. The topological polar surface area (TPSA) is 79.3 Å². The molecule has 1 amide bonds. The number of pyridine rings is 1. The first-order valence-electron chi connectivity index (χ1n) is 6.41. The first-order chi connectivity index (χ1) is 8.99. The molecule has 2 N–H and O–H groups in total. The third-order valence-electron chi connectivity index (χ3n) is 2.67. The van der Waals surface area contributed by atoms with Gasteiger partial charge in [0.2, 0.25) is 5.91 Å². The number of carbonyl (C=O) groups excluding carboxylic acids is 1. The molecule has 1 aromatic heterocycles. The van der Waals surface area contributed by atoms with Crippen molar-refractivity contribution in [3.05, 3.63) is 30.1 Å². The minimum atomic E-state index is -0.986. The van der Waals surface area contributed by atoms with Crippen LogP contribution in [0.5, 0.6) is 0 Å². The van der Waals surface area contributed by atoms with Crippen molar-refractivity contribution in [2.45, 2.75) is 39.2 Å². The van der Waals surface area contributed by atoms with Crippen LogP contribution in [-0.2, 0) is 16.0 Å². The summed E-state index contributed by atoms with van der Waals surface area (Å²) in [6.45, 7) is 3.85. The number of amides is 1. The second-order valence-corrected chi connectivity index (χ2v) is 4.91. The fraction of sp³-hybridized carbons (Fsp3) is 0.500. The second kappa shape index (κ2) is 7.51. The van der Waals surface area contributed by atoms with E-state index in [0.717, 1.165) is 5.69 Å². The van der Waals surface area contributed by atoms with E-state index in [-0.39, 0.29) is 18.2 Å². The Morgan fingerprint density at radius 1 is 1.37 bits per heavy atom. The lowest BCUT2D eigenvalue weighted by molar-refractivity contribution is -0.142. The summed E-state index contributed by atoms with van der Waals surface area (Å²) >= 11 is 0. The van der Waals surface area contributed by atoms with Crippen LogP contribution in [-0.4, -0.2) is 28.0 Å². The number of rotatable bonds is 7. The number of nitrogens with one attached hydrogen (secondary N) is 1. The minimum Gasteiger partial charge on any atom is -0.480 e. The third kappa shape index (κ3) is 5.99. The number of carboxylic acids is 1. The molecule has 1 heterocycles. The average Bonchev–Trinajstić information content (AvgIpc) is 2.36. The number of nitrogens with zero attached hydrogens (tertiary/aromatic N) is 1. The summed E-state index contributed by atoms with van der Waals surface area (Å²) in [5.74, 6) is -1.02. The van der Waals surface area contributed by atoms with Crippen molar-refractivity contribution in [1.29, 1.82) is 0 Å². The smallest absolute Gasteiger partial charge is 0.326 e. The van der Waals surface area contributed by atoms with Crippen LogP contribution in [0.1, 0.15) is 32.4 Å². The SMILES string of the molecule is CC(C)C[C@@H](NC(=O)CCc1ccccn1)C(=O)O. The summed E-state index contributed by atoms with van der Waals surface area (Å²) in [5, 5.41) is 11.6. The molecule has 0 fully saturated rings. The second-order valence-electron chi connectivity index (χ2n) is 4.91. The summed E-state index contributed by atoms with van der Waals surface area (Å²) in [6.07, 6.45) is 2.87. The number of aliphatic carboxylic acids is 1. The standard InChI is InChI=1S/C14H20N2O3/c1-10(2)9-12(14(18)19)16-13(17)7-6-11-5-3-4-8-15-11/h3-5,8,10,12H,6-7,9H2,1-2H3,(H,16,17)(H,18,19)/t12-/m1/s1. The third-order valence-corrected chi connectivity index (χ3v) is 2.67. The Labute approximate surface area is 113 Å². The van der Waals surface area contributed by atoms with E-state index in [0.29, 0.717) is 12.8 Å². The molecule has 5 heteroatoms. The van der Waals surface area contributed by atoms with Crippen molar-refractivity contribution < 1.29 is 14.7 Å². The van der Waals surface area contributed by atoms with Gasteiger partial charge in [-0.25, -0.2) is 4.79 Å². The first-order valence-corrected chi connectivity index (χ1v) is 6.41. The molecule has 1 atom stereocenters. The number of hydrogen-bond donors (Lipinski definition) is 2. The number of hydrogen-bond acceptors (Lipinski definition) is 3. The predicted molar refractivity (Wildman–Crippen MR) is 71.6 cm³/mol. The highest BCUT2D eigenvalue weighted by atomic mass is 16.4. The van der Waals surface area contributed by atoms with Crippen molar-refractivity contribution >= 4 is 11.9 Å². The van der Waals surface area contributed by atoms with Gasteiger partial charge in [0.05, 0.1) is 0 Å². The van der Waals surface area contributed by atoms with Gasteiger partial charge in [0.25, 0.3) is 0 Å². The molecule has 0 saturated carbocycles. The van der Waals surface area contributed by atoms with Crippen LogP contribution in [0, 0.1) is 5.92 Å². The molecule has 0 bridgehead atoms. The number of aromatic nitrogens is 1. The van der Waals surface area contributed by atoms with Gasteiger partial charge in [-0.2, -0.15) is 0 Å². The zero-order valence-electron chi connectivity index (χ0n) is 11.3. The molecule has 0 saturated heterocycles. The number of carbonyl (C=O) groups is 2. The zero-order chi connectivity index (χ0) is 14.3. The van der Waals surface area contributed by atoms with Gasteiger partial charge < -0.3 is 10.4 Å². The van der Waals surface area contributed by atoms with Gasteiger partial charge in [0.1, 0.15) is 6.04 Å². The monoisotopic (exact) mass is 264 g/mol. The molecule has 1 aromatic rings. The molecule has 0 aliphatic rings. The molecular weight excluding hydrogens is 244 g/mol. The van der Waals surface area contributed by atoms with Gasteiger partial charge in [-0.05, 0) is 30.9 Å². The minimum absolute atomic E-state index is 0.220. The van der Waals surface area contributed by atoms with Gasteiger partial charge in [-0.15, -0.1) is 0 Å². The van der Waals surface area contributed by atoms with Crippen LogP contribution >= 0.6 is 0 Å². The fourth-order valence-corrected chi connectivity index (χ4v) is 1.75. The quantitative estimate of drug-likeness (QED) is 0.784. The van der Waals surface area contributed by atoms with Crippen LogP contribution in [0.25, 0.3) is 0 Å². The average molecular weight is 264 g/mol. The molecule has 0 aliphatic carbocycles. The van der Waals surface area contributed by atoms with Crippen LogP contribution in [0.3, 0.4) is 0 Å². The summed E-state index contributed by atoms with van der Waals surface area (Å²) in [6, 6.07) is 4.71. The highest BCUT2D eigenvalue weighted by Gasteiger charge is 2.20. The highest BCUT2D eigenvalue weighted by Crippen LogP contribution is 2.06. The van der Waals surface area contributed by atoms with E-state index in [2.05, 4.69) is 10.3 Å². The largest absolute Gasteiger partial charge is 0.480 e. The van der Waals surface area contributed by atoms with Gasteiger partial charge >= 0.3 is 5.97 Å². The maximum absolute atomic E-state index is 11.7. The molecule has 0 unspecified atom stereocenters. The summed E-state index contributed by atoms with van der Waals surface area (Å²) < 4.78 is 0. The Hall–Kier alpha value is -1.91. The molecule has 0 spiro atoms. The van der Waals surface area contributed by atoms with Crippen molar-refractivity contribution in [3.63, 3.8) is 0 Å². The van der Waals surface area contributed by atoms with Crippen LogP contribution in [0.15, 0.2) is 24.4 Å². The van der Waals surface area contributed by atoms with Gasteiger partial charge in [-0.3, -0.25) is 9.78 Å². The van der Waals surface area contributed by atoms with Crippen LogP contribution < -0.4 is 5.32 Å². The molecule has 0 radical (unpaired) electrons. The predicted octanol–water partition coefficient (Wildman–Crippen LogP) is 1.63. The van der Waals surface area contributed by atoms with Gasteiger partial charge in [0, 0.05) is 18.3 Å². The Balaban J connectivity index is 2.42. The first kappa shape index (κ1) is 15.1. The molecule has 0 aromatic carbocycles. The Kier molecular flexibility index (Phi) is 5.99. The van der Waals surface area contributed by atoms with Crippen molar-refractivity contribution in [1.82, 2.24) is 10.3 Å². The van der Waals surface area contributed by atoms with Crippen molar-refractivity contribution in [3.8, 4) is 0 Å². The Morgan fingerprint density at radius 2 is 2.11 bits per heavy atom. The maximum atomic E-state index is 11.7. The fourth-order valence-electron chi connectivity index (χ4n) is 1.75. The summed E-state index contributed by atoms with van der Waals surface area (Å²) in [4.78, 5) is 26.8. The number of carboxylic acid groups (broad SMARTS) is 1. The van der Waals surface area contributed by atoms with E-state index in [9.17, 15) is 9.59 Å². The van der Waals surface area contributed by atoms with E-state index in [1.165, 1.54) is 0 Å². The van der Waals surface area contributed by atoms with E-state index < -0.39 is 12.0 Å². The van der Waals surface area contributed by atoms with Gasteiger partial charge in [0.15, 0.2) is 0 Å². The Morgan fingerprint density at radius 3 is 2.63 bits per heavy atom. The summed E-state index contributed by atoms with van der Waals surface area (Å²) in [5.41, 5.74) is 0.827. The molecule has 104 valence electrons. The van der Waals surface area contributed by atoms with E-state index in [1.807, 2.05) is 32.0 Å². The van der Waals surface area contributed by atoms with Crippen molar-refractivity contribution in [2.24, 2.45) is 5.92 Å². The summed E-state index contributed by atoms with van der Waals surface area (Å²) in [7, 11) is 0. The maximum Gasteiger partial charge on any atom is 0.326 e. The molecule has 19 heavy (non-hydrogen) atoms. The number of aryl methyl sites for hydroxylation is 1. The van der Waals surface area contributed by atoms with Gasteiger partial charge in [-0.1, -0.05) is 19.9 Å². The molecule has 5 nitrogen and oxygen atoms in total. The lowest BCUT2D eigenvalue weighted by Gasteiger charge is -2.16. The molecular formula is C14H20N2O3. The molecule has 1 rings (SSSR count). The van der Waals surface area contributed by atoms with E-state index in [4.69, 9.17) is 5.11 Å². The lowest BCUT2D eigenvalue weighted by Crippen LogP contribution is -2.41. The highest BCUT2D eigenvalue weighted by molar-refractivity contribution is 5.83. The van der Waals surface area contributed by atoms with Crippen LogP contribution in [0.4, 0.5) is 0 Å². The normalized spacial score (nSPS) is 12.2. The van der Waals surface area contributed by atoms with E-state index >= 15 is 0 Å². The van der Waals surface area contributed by atoms with Crippen molar-refractivity contribution in [2.75, 3.05) is 0 Å². The lowest BCUT2D eigenvalue weighted by atomic mass is 10.0. The van der Waals surface area contributed by atoms with Crippen LogP contribution in [0.2, 0.25) is 0 Å².